The second-order valence-corrected chi connectivity index (χ2v) is 8.54. The number of carbonyl (C=O) groups excluding carboxylic acids is 2. The van der Waals surface area contributed by atoms with E-state index in [4.69, 9.17) is 27.9 Å². The maximum Gasteiger partial charge on any atom is 0.267 e. The summed E-state index contributed by atoms with van der Waals surface area (Å²) in [6.07, 6.45) is 3.90. The monoisotopic (exact) mass is 507 g/mol. The third kappa shape index (κ3) is 5.85. The predicted molar refractivity (Wildman–Crippen MR) is 140 cm³/mol. The van der Waals surface area contributed by atoms with Crippen LogP contribution >= 0.6 is 23.2 Å². The number of aromatic amines is 1. The topological polar surface area (TPSA) is 83.2 Å². The molecule has 1 aromatic heterocycles. The summed E-state index contributed by atoms with van der Waals surface area (Å²) in [5.74, 6) is -0.128. The fourth-order valence-electron chi connectivity index (χ4n) is 3.61. The van der Waals surface area contributed by atoms with E-state index in [0.29, 0.717) is 34.3 Å². The number of halogens is 2. The van der Waals surface area contributed by atoms with Gasteiger partial charge in [-0.2, -0.15) is 0 Å². The highest BCUT2D eigenvalue weighted by Gasteiger charge is 2.16. The molecule has 35 heavy (non-hydrogen) atoms. The van der Waals surface area contributed by atoms with E-state index >= 15 is 0 Å². The number of methoxy groups -OCH3 is 1. The first kappa shape index (κ1) is 24.4. The number of hydrogen-bond donors (Lipinski definition) is 3. The first-order chi connectivity index (χ1) is 17.0. The van der Waals surface area contributed by atoms with Crippen LogP contribution in [0.15, 0.2) is 78.6 Å². The molecule has 0 fully saturated rings. The van der Waals surface area contributed by atoms with Gasteiger partial charge in [0.2, 0.25) is 0 Å². The van der Waals surface area contributed by atoms with Gasteiger partial charge in [0.15, 0.2) is 0 Å². The van der Waals surface area contributed by atoms with Crippen molar-refractivity contribution in [3.05, 3.63) is 105 Å². The summed E-state index contributed by atoms with van der Waals surface area (Å²) in [6.45, 7) is 0.305. The Morgan fingerprint density at radius 1 is 1.03 bits per heavy atom. The highest BCUT2D eigenvalue weighted by molar-refractivity contribution is 6.42. The number of rotatable bonds is 8. The average Bonchev–Trinajstić information content (AvgIpc) is 3.28. The summed E-state index contributed by atoms with van der Waals surface area (Å²) in [4.78, 5) is 29.2. The first-order valence-electron chi connectivity index (χ1n) is 10.9. The van der Waals surface area contributed by atoms with Gasteiger partial charge in [-0.25, -0.2) is 0 Å². The summed E-state index contributed by atoms with van der Waals surface area (Å²) in [5.41, 5.74) is 2.98. The molecule has 3 N–H and O–H groups in total. The van der Waals surface area contributed by atoms with Crippen molar-refractivity contribution < 1.29 is 14.3 Å². The lowest BCUT2D eigenvalue weighted by Crippen LogP contribution is -2.35. The molecule has 3 aromatic carbocycles. The molecule has 0 saturated carbocycles. The Hall–Kier alpha value is -3.74. The quantitative estimate of drug-likeness (QED) is 0.271. The zero-order valence-electron chi connectivity index (χ0n) is 18.9. The van der Waals surface area contributed by atoms with Gasteiger partial charge in [0, 0.05) is 34.8 Å². The van der Waals surface area contributed by atoms with E-state index in [1.165, 1.54) is 0 Å². The first-order valence-corrected chi connectivity index (χ1v) is 11.7. The lowest BCUT2D eigenvalue weighted by atomic mass is 10.1. The number of amides is 2. The third-order valence-electron chi connectivity index (χ3n) is 5.46. The van der Waals surface area contributed by atoms with Crippen molar-refractivity contribution in [1.82, 2.24) is 15.6 Å². The van der Waals surface area contributed by atoms with Crippen LogP contribution in [-0.2, 0) is 11.2 Å². The standard InChI is InChI=1S/C27H23Cl2N3O3/c1-35-20-10-11-23-21(15-20)19(16-31-23)14-24(32-26(33)18-6-3-2-4-7-18)27(34)30-13-12-17-8-5-9-22(28)25(17)29/h2-11,14-16,31H,12-13H2,1H3,(H,30,34)(H,32,33)/b24-14+. The van der Waals surface area contributed by atoms with E-state index in [0.717, 1.165) is 22.0 Å². The number of fused-ring (bicyclic) bond motifs is 1. The lowest BCUT2D eigenvalue weighted by Gasteiger charge is -2.12. The number of ether oxygens (including phenoxy) is 1. The van der Waals surface area contributed by atoms with E-state index in [-0.39, 0.29) is 11.6 Å². The van der Waals surface area contributed by atoms with E-state index in [1.54, 1.807) is 49.7 Å². The molecule has 0 atom stereocenters. The number of hydrogen-bond acceptors (Lipinski definition) is 3. The van der Waals surface area contributed by atoms with Crippen LogP contribution in [0.1, 0.15) is 21.5 Å². The maximum absolute atomic E-state index is 13.1. The minimum atomic E-state index is -0.426. The number of aromatic nitrogens is 1. The fraction of sp³-hybridized carbons (Fsp3) is 0.111. The summed E-state index contributed by atoms with van der Waals surface area (Å²) in [5, 5.41) is 7.39. The normalized spacial score (nSPS) is 11.3. The van der Waals surface area contributed by atoms with Crippen LogP contribution in [0.25, 0.3) is 17.0 Å². The van der Waals surface area contributed by atoms with Crippen molar-refractivity contribution in [3.63, 3.8) is 0 Å². The molecule has 0 aliphatic rings. The van der Waals surface area contributed by atoms with E-state index in [2.05, 4.69) is 15.6 Å². The van der Waals surface area contributed by atoms with Crippen LogP contribution < -0.4 is 15.4 Å². The van der Waals surface area contributed by atoms with Crippen molar-refractivity contribution in [1.29, 1.82) is 0 Å². The van der Waals surface area contributed by atoms with Crippen LogP contribution in [0, 0.1) is 0 Å². The lowest BCUT2D eigenvalue weighted by molar-refractivity contribution is -0.117. The van der Waals surface area contributed by atoms with E-state index in [9.17, 15) is 9.59 Å². The van der Waals surface area contributed by atoms with Crippen molar-refractivity contribution in [2.75, 3.05) is 13.7 Å². The Morgan fingerprint density at radius 2 is 1.83 bits per heavy atom. The Bertz CT molecular complexity index is 1400. The van der Waals surface area contributed by atoms with Gasteiger partial charge >= 0.3 is 0 Å². The van der Waals surface area contributed by atoms with Crippen LogP contribution in [0.4, 0.5) is 0 Å². The highest BCUT2D eigenvalue weighted by Crippen LogP contribution is 2.26. The van der Waals surface area contributed by atoms with Gasteiger partial charge in [0.05, 0.1) is 17.2 Å². The maximum atomic E-state index is 13.1. The average molecular weight is 508 g/mol. The molecule has 0 spiro atoms. The van der Waals surface area contributed by atoms with Gasteiger partial charge < -0.3 is 20.4 Å². The summed E-state index contributed by atoms with van der Waals surface area (Å²) < 4.78 is 5.33. The molecule has 4 aromatic rings. The fourth-order valence-corrected chi connectivity index (χ4v) is 4.03. The molecule has 4 rings (SSSR count). The molecular weight excluding hydrogens is 485 g/mol. The second kappa shape index (κ2) is 11.1. The van der Waals surface area contributed by atoms with Crippen molar-refractivity contribution >= 4 is 52.0 Å². The van der Waals surface area contributed by atoms with E-state index in [1.807, 2.05) is 36.4 Å². The summed E-state index contributed by atoms with van der Waals surface area (Å²) in [6, 6.07) is 19.7. The number of nitrogens with one attached hydrogen (secondary N) is 3. The molecule has 6 nitrogen and oxygen atoms in total. The van der Waals surface area contributed by atoms with E-state index < -0.39 is 5.91 Å². The molecule has 0 bridgehead atoms. The molecule has 0 aliphatic heterocycles. The molecular formula is C27H23Cl2N3O3. The number of benzene rings is 3. The van der Waals surface area contributed by atoms with Gasteiger partial charge in [-0.15, -0.1) is 0 Å². The Kier molecular flexibility index (Phi) is 7.75. The highest BCUT2D eigenvalue weighted by atomic mass is 35.5. The van der Waals surface area contributed by atoms with Crippen LogP contribution in [0.5, 0.6) is 5.75 Å². The molecule has 0 saturated heterocycles. The molecule has 8 heteroatoms. The van der Waals surface area contributed by atoms with Crippen LogP contribution in [-0.4, -0.2) is 30.5 Å². The minimum absolute atomic E-state index is 0.111. The molecule has 178 valence electrons. The second-order valence-electron chi connectivity index (χ2n) is 7.75. The van der Waals surface area contributed by atoms with Gasteiger partial charge in [-0.3, -0.25) is 9.59 Å². The predicted octanol–water partition coefficient (Wildman–Crippen LogP) is 5.61. The van der Waals surface area contributed by atoms with Crippen molar-refractivity contribution in [2.24, 2.45) is 0 Å². The zero-order valence-corrected chi connectivity index (χ0v) is 20.4. The van der Waals surface area contributed by atoms with Gasteiger partial charge in [-0.05, 0) is 54.5 Å². The smallest absolute Gasteiger partial charge is 0.267 e. The Labute approximate surface area is 212 Å². The largest absolute Gasteiger partial charge is 0.497 e. The Morgan fingerprint density at radius 3 is 2.60 bits per heavy atom. The molecule has 0 aliphatic carbocycles. The van der Waals surface area contributed by atoms with Crippen LogP contribution in [0.3, 0.4) is 0 Å². The third-order valence-corrected chi connectivity index (χ3v) is 6.32. The molecule has 1 heterocycles. The SMILES string of the molecule is COc1ccc2[nH]cc(/C=C(/NC(=O)c3ccccc3)C(=O)NCCc3cccc(Cl)c3Cl)c2c1. The van der Waals surface area contributed by atoms with Crippen LogP contribution in [0.2, 0.25) is 10.0 Å². The summed E-state index contributed by atoms with van der Waals surface area (Å²) in [7, 11) is 1.59. The van der Waals surface area contributed by atoms with Gasteiger partial charge in [-0.1, -0.05) is 53.5 Å². The minimum Gasteiger partial charge on any atom is -0.497 e. The zero-order chi connectivity index (χ0) is 24.8. The van der Waals surface area contributed by atoms with Gasteiger partial charge in [0.1, 0.15) is 11.4 Å². The Balaban J connectivity index is 1.59. The summed E-state index contributed by atoms with van der Waals surface area (Å²) >= 11 is 12.3. The number of H-pyrrole nitrogens is 1. The number of carbonyl (C=O) groups is 2. The van der Waals surface area contributed by atoms with Crippen molar-refractivity contribution in [3.8, 4) is 5.75 Å². The molecule has 2 amide bonds. The van der Waals surface area contributed by atoms with Crippen molar-refractivity contribution in [2.45, 2.75) is 6.42 Å². The molecule has 0 radical (unpaired) electrons. The molecule has 0 unspecified atom stereocenters. The van der Waals surface area contributed by atoms with Gasteiger partial charge in [0.25, 0.3) is 11.8 Å².